The zero-order valence-electron chi connectivity index (χ0n) is 10.3. The quantitative estimate of drug-likeness (QED) is 0.737. The Morgan fingerprint density at radius 2 is 1.76 bits per heavy atom. The molecule has 0 aliphatic heterocycles. The van der Waals surface area contributed by atoms with Gasteiger partial charge in [-0.25, -0.2) is 9.97 Å². The molecule has 1 aromatic carbocycles. The van der Waals surface area contributed by atoms with Crippen molar-refractivity contribution in [3.8, 4) is 11.3 Å². The van der Waals surface area contributed by atoms with Crippen LogP contribution in [-0.2, 0) is 0 Å². The Kier molecular flexibility index (Phi) is 3.28. The smallest absolute Gasteiger partial charge is 0.126 e. The molecule has 0 radical (unpaired) electrons. The predicted molar refractivity (Wildman–Crippen MR) is 70.5 cm³/mol. The largest absolute Gasteiger partial charge is 0.296 e. The lowest BCUT2D eigenvalue weighted by atomic mass is 10.1. The van der Waals surface area contributed by atoms with Gasteiger partial charge < -0.3 is 0 Å². The average Bonchev–Trinajstić information content (AvgIpc) is 2.33. The van der Waals surface area contributed by atoms with Crippen molar-refractivity contribution in [2.45, 2.75) is 13.8 Å². The molecular formula is C14H15N3. The van der Waals surface area contributed by atoms with Crippen molar-refractivity contribution in [1.82, 2.24) is 9.97 Å². The van der Waals surface area contributed by atoms with Gasteiger partial charge in [-0.1, -0.05) is 30.3 Å². The molecule has 17 heavy (non-hydrogen) atoms. The van der Waals surface area contributed by atoms with Gasteiger partial charge in [0.15, 0.2) is 0 Å². The first kappa shape index (κ1) is 11.5. The van der Waals surface area contributed by atoms with E-state index in [2.05, 4.69) is 15.0 Å². The molecule has 1 aromatic heterocycles. The summed E-state index contributed by atoms with van der Waals surface area (Å²) in [6.45, 7) is 3.89. The maximum atomic E-state index is 4.52. The van der Waals surface area contributed by atoms with Gasteiger partial charge in [0.2, 0.25) is 0 Å². The molecule has 0 amide bonds. The van der Waals surface area contributed by atoms with Gasteiger partial charge in [0, 0.05) is 24.4 Å². The zero-order valence-corrected chi connectivity index (χ0v) is 10.3. The molecule has 0 aliphatic rings. The van der Waals surface area contributed by atoms with Crippen molar-refractivity contribution in [2.24, 2.45) is 4.99 Å². The SMILES string of the molecule is CN=Cc1c(C)nc(C)nc1-c1ccccc1. The van der Waals surface area contributed by atoms with Gasteiger partial charge >= 0.3 is 0 Å². The van der Waals surface area contributed by atoms with Gasteiger partial charge in [0.05, 0.1) is 11.4 Å². The lowest BCUT2D eigenvalue weighted by Crippen LogP contribution is -2.02. The number of rotatable bonds is 2. The van der Waals surface area contributed by atoms with Gasteiger partial charge in [0.1, 0.15) is 5.82 Å². The summed E-state index contributed by atoms with van der Waals surface area (Å²) >= 11 is 0. The van der Waals surface area contributed by atoms with Crippen LogP contribution in [0.15, 0.2) is 35.3 Å². The first-order valence-electron chi connectivity index (χ1n) is 5.55. The molecule has 3 nitrogen and oxygen atoms in total. The van der Waals surface area contributed by atoms with Crippen molar-refractivity contribution >= 4 is 6.21 Å². The van der Waals surface area contributed by atoms with Crippen LogP contribution in [0, 0.1) is 13.8 Å². The van der Waals surface area contributed by atoms with Gasteiger partial charge in [-0.15, -0.1) is 0 Å². The third-order valence-corrected chi connectivity index (χ3v) is 2.55. The number of nitrogens with zero attached hydrogens (tertiary/aromatic N) is 3. The molecule has 0 saturated heterocycles. The van der Waals surface area contributed by atoms with E-state index in [1.54, 1.807) is 7.05 Å². The summed E-state index contributed by atoms with van der Waals surface area (Å²) in [6, 6.07) is 10.1. The first-order valence-corrected chi connectivity index (χ1v) is 5.55. The Hall–Kier alpha value is -2.03. The summed E-state index contributed by atoms with van der Waals surface area (Å²) in [6.07, 6.45) is 1.82. The molecule has 0 bridgehead atoms. The van der Waals surface area contributed by atoms with Gasteiger partial charge in [-0.2, -0.15) is 0 Å². The lowest BCUT2D eigenvalue weighted by molar-refractivity contribution is 1.01. The topological polar surface area (TPSA) is 38.1 Å². The van der Waals surface area contributed by atoms with E-state index in [0.717, 1.165) is 28.3 Å². The molecule has 0 aliphatic carbocycles. The molecule has 86 valence electrons. The van der Waals surface area contributed by atoms with E-state index in [-0.39, 0.29) is 0 Å². The summed E-state index contributed by atoms with van der Waals surface area (Å²) in [5.74, 6) is 0.787. The van der Waals surface area contributed by atoms with Gasteiger partial charge in [0.25, 0.3) is 0 Å². The molecule has 0 fully saturated rings. The molecule has 0 atom stereocenters. The Morgan fingerprint density at radius 1 is 1.06 bits per heavy atom. The van der Waals surface area contributed by atoms with Crippen LogP contribution in [-0.4, -0.2) is 23.2 Å². The molecular weight excluding hydrogens is 210 g/mol. The number of hydrogen-bond acceptors (Lipinski definition) is 3. The number of benzene rings is 1. The van der Waals surface area contributed by atoms with E-state index < -0.39 is 0 Å². The fourth-order valence-electron chi connectivity index (χ4n) is 1.82. The van der Waals surface area contributed by atoms with Gasteiger partial charge in [-0.05, 0) is 13.8 Å². The monoisotopic (exact) mass is 225 g/mol. The maximum Gasteiger partial charge on any atom is 0.126 e. The highest BCUT2D eigenvalue weighted by molar-refractivity contribution is 5.89. The summed E-state index contributed by atoms with van der Waals surface area (Å²) in [4.78, 5) is 13.0. The molecule has 0 unspecified atom stereocenters. The van der Waals surface area contributed by atoms with Crippen LogP contribution in [0.2, 0.25) is 0 Å². The third-order valence-electron chi connectivity index (χ3n) is 2.55. The minimum Gasteiger partial charge on any atom is -0.296 e. The number of aryl methyl sites for hydroxylation is 2. The summed E-state index contributed by atoms with van der Waals surface area (Å²) in [5.41, 5.74) is 3.99. The zero-order chi connectivity index (χ0) is 12.3. The highest BCUT2D eigenvalue weighted by atomic mass is 14.9. The normalized spacial score (nSPS) is 11.0. The van der Waals surface area contributed by atoms with E-state index in [0.29, 0.717) is 0 Å². The molecule has 3 heteroatoms. The van der Waals surface area contributed by atoms with E-state index >= 15 is 0 Å². The van der Waals surface area contributed by atoms with Crippen molar-refractivity contribution in [3.05, 3.63) is 47.4 Å². The van der Waals surface area contributed by atoms with Crippen LogP contribution < -0.4 is 0 Å². The second kappa shape index (κ2) is 4.87. The van der Waals surface area contributed by atoms with Crippen LogP contribution in [0.3, 0.4) is 0 Å². The molecule has 2 rings (SSSR count). The summed E-state index contributed by atoms with van der Waals surface area (Å²) in [5, 5.41) is 0. The highest BCUT2D eigenvalue weighted by Gasteiger charge is 2.09. The number of aromatic nitrogens is 2. The molecule has 2 aromatic rings. The Morgan fingerprint density at radius 3 is 2.41 bits per heavy atom. The highest BCUT2D eigenvalue weighted by Crippen LogP contribution is 2.21. The Bertz CT molecular complexity index is 545. The number of hydrogen-bond donors (Lipinski definition) is 0. The lowest BCUT2D eigenvalue weighted by Gasteiger charge is -2.08. The first-order chi connectivity index (χ1) is 8.22. The maximum absolute atomic E-state index is 4.52. The average molecular weight is 225 g/mol. The summed E-state index contributed by atoms with van der Waals surface area (Å²) in [7, 11) is 1.76. The van der Waals surface area contributed by atoms with E-state index in [1.165, 1.54) is 0 Å². The molecule has 1 heterocycles. The molecule has 0 saturated carbocycles. The van der Waals surface area contributed by atoms with Crippen LogP contribution in [0.1, 0.15) is 17.1 Å². The van der Waals surface area contributed by atoms with E-state index in [4.69, 9.17) is 0 Å². The standard InChI is InChI=1S/C14H15N3/c1-10-13(9-15-3)14(17-11(2)16-10)12-7-5-4-6-8-12/h4-9H,1-3H3. The number of aliphatic imine (C=N–C) groups is 1. The minimum atomic E-state index is 0.787. The minimum absolute atomic E-state index is 0.787. The van der Waals surface area contributed by atoms with Crippen molar-refractivity contribution < 1.29 is 0 Å². The summed E-state index contributed by atoms with van der Waals surface area (Å²) < 4.78 is 0. The third kappa shape index (κ3) is 2.38. The predicted octanol–water partition coefficient (Wildman–Crippen LogP) is 2.81. The fourth-order valence-corrected chi connectivity index (χ4v) is 1.82. The Balaban J connectivity index is 2.67. The Labute approximate surface area is 101 Å². The second-order valence-electron chi connectivity index (χ2n) is 3.87. The fraction of sp³-hybridized carbons (Fsp3) is 0.214. The van der Waals surface area contributed by atoms with Gasteiger partial charge in [-0.3, -0.25) is 4.99 Å². The van der Waals surface area contributed by atoms with Crippen LogP contribution in [0.5, 0.6) is 0 Å². The van der Waals surface area contributed by atoms with Crippen LogP contribution in [0.4, 0.5) is 0 Å². The molecule has 0 N–H and O–H groups in total. The van der Waals surface area contributed by atoms with Crippen LogP contribution in [0.25, 0.3) is 11.3 Å². The second-order valence-corrected chi connectivity index (χ2v) is 3.87. The van der Waals surface area contributed by atoms with Crippen molar-refractivity contribution in [1.29, 1.82) is 0 Å². The van der Waals surface area contributed by atoms with E-state index in [9.17, 15) is 0 Å². The van der Waals surface area contributed by atoms with Crippen molar-refractivity contribution in [3.63, 3.8) is 0 Å². The molecule has 0 spiro atoms. The van der Waals surface area contributed by atoms with Crippen LogP contribution >= 0.6 is 0 Å². The van der Waals surface area contributed by atoms with E-state index in [1.807, 2.05) is 50.4 Å². The van der Waals surface area contributed by atoms with Crippen molar-refractivity contribution in [2.75, 3.05) is 7.05 Å².